The average Bonchev–Trinajstić information content (AvgIpc) is 2.62. The standard InChI is InChI=1S/C24H48NO3S/c1-5-6-7-8-9-10-11-12-13-14-15-16-17-18-19-20-24(26)23-29(27,28)22-21-25(2,3)4/h12-13H,5-11,14-23H2,1-4H3/q+1/b13-12-. The van der Waals surface area contributed by atoms with E-state index in [0.717, 1.165) is 25.7 Å². The summed E-state index contributed by atoms with van der Waals surface area (Å²) in [5, 5.41) is 0. The van der Waals surface area contributed by atoms with Crippen LogP contribution in [0.25, 0.3) is 0 Å². The summed E-state index contributed by atoms with van der Waals surface area (Å²) in [5.74, 6) is -0.311. The van der Waals surface area contributed by atoms with Crippen LogP contribution in [-0.4, -0.2) is 57.9 Å². The van der Waals surface area contributed by atoms with Crippen LogP contribution < -0.4 is 0 Å². The molecule has 0 unspecified atom stereocenters. The highest BCUT2D eigenvalue weighted by Crippen LogP contribution is 2.10. The van der Waals surface area contributed by atoms with Crippen molar-refractivity contribution in [2.24, 2.45) is 0 Å². The van der Waals surface area contributed by atoms with E-state index in [1.54, 1.807) is 0 Å². The second-order valence-electron chi connectivity index (χ2n) is 9.48. The third kappa shape index (κ3) is 21.8. The number of unbranched alkanes of at least 4 members (excludes halogenated alkanes) is 11. The van der Waals surface area contributed by atoms with Gasteiger partial charge in [-0.1, -0.05) is 70.4 Å². The van der Waals surface area contributed by atoms with E-state index in [-0.39, 0.29) is 17.3 Å². The van der Waals surface area contributed by atoms with E-state index in [1.165, 1.54) is 57.8 Å². The monoisotopic (exact) mass is 430 g/mol. The molecule has 29 heavy (non-hydrogen) atoms. The Morgan fingerprint density at radius 3 is 1.76 bits per heavy atom. The van der Waals surface area contributed by atoms with Crippen molar-refractivity contribution in [1.29, 1.82) is 0 Å². The van der Waals surface area contributed by atoms with Crippen LogP contribution in [0.1, 0.15) is 96.8 Å². The quantitative estimate of drug-likeness (QED) is 0.141. The molecule has 0 spiro atoms. The van der Waals surface area contributed by atoms with Crippen molar-refractivity contribution in [3.63, 3.8) is 0 Å². The van der Waals surface area contributed by atoms with E-state index in [1.807, 2.05) is 21.1 Å². The van der Waals surface area contributed by atoms with Gasteiger partial charge in [0.1, 0.15) is 11.5 Å². The molecule has 0 bridgehead atoms. The van der Waals surface area contributed by atoms with Crippen molar-refractivity contribution < 1.29 is 17.7 Å². The van der Waals surface area contributed by atoms with Gasteiger partial charge in [-0.2, -0.15) is 0 Å². The Morgan fingerprint density at radius 2 is 1.24 bits per heavy atom. The normalized spacial score (nSPS) is 12.7. The minimum atomic E-state index is -3.26. The minimum absolute atomic E-state index is 0.0919. The first kappa shape index (κ1) is 28.3. The highest BCUT2D eigenvalue weighted by Gasteiger charge is 2.20. The lowest BCUT2D eigenvalue weighted by molar-refractivity contribution is -0.867. The molecule has 0 radical (unpaired) electrons. The van der Waals surface area contributed by atoms with Crippen LogP contribution >= 0.6 is 0 Å². The van der Waals surface area contributed by atoms with Gasteiger partial charge in [-0.3, -0.25) is 4.79 Å². The molecule has 172 valence electrons. The lowest BCUT2D eigenvalue weighted by Gasteiger charge is -2.23. The van der Waals surface area contributed by atoms with E-state index >= 15 is 0 Å². The number of hydrogen-bond donors (Lipinski definition) is 0. The number of rotatable bonds is 20. The SMILES string of the molecule is CCCCCCCC/C=C\CCCCCCCC(=O)CS(=O)(=O)CC[N+](C)(C)C. The summed E-state index contributed by atoms with van der Waals surface area (Å²) in [6.45, 7) is 2.80. The maximum absolute atomic E-state index is 12.0. The maximum atomic E-state index is 12.0. The Balaban J connectivity index is 3.54. The molecule has 0 amide bonds. The molecular weight excluding hydrogens is 382 g/mol. The van der Waals surface area contributed by atoms with Gasteiger partial charge in [0.15, 0.2) is 9.84 Å². The van der Waals surface area contributed by atoms with Gasteiger partial charge in [-0.05, 0) is 32.1 Å². The van der Waals surface area contributed by atoms with Gasteiger partial charge in [0.2, 0.25) is 0 Å². The number of ketones is 1. The maximum Gasteiger partial charge on any atom is 0.162 e. The zero-order valence-corrected chi connectivity index (χ0v) is 20.6. The Kier molecular flexibility index (Phi) is 16.6. The summed E-state index contributed by atoms with van der Waals surface area (Å²) in [6.07, 6.45) is 20.9. The second-order valence-corrected chi connectivity index (χ2v) is 11.7. The number of sulfone groups is 1. The van der Waals surface area contributed by atoms with Crippen LogP contribution in [0.5, 0.6) is 0 Å². The molecule has 0 rings (SSSR count). The van der Waals surface area contributed by atoms with Crippen LogP contribution in [0.4, 0.5) is 0 Å². The molecule has 0 N–H and O–H groups in total. The van der Waals surface area contributed by atoms with Gasteiger partial charge in [-0.15, -0.1) is 0 Å². The van der Waals surface area contributed by atoms with Crippen LogP contribution in [0, 0.1) is 0 Å². The average molecular weight is 431 g/mol. The molecule has 0 fully saturated rings. The molecule has 0 saturated carbocycles. The molecule has 0 aliphatic rings. The Labute approximate surface area is 181 Å². The van der Waals surface area contributed by atoms with E-state index < -0.39 is 9.84 Å². The topological polar surface area (TPSA) is 51.2 Å². The first-order valence-corrected chi connectivity index (χ1v) is 13.7. The summed E-state index contributed by atoms with van der Waals surface area (Å²) >= 11 is 0. The molecule has 0 saturated heterocycles. The van der Waals surface area contributed by atoms with Crippen molar-refractivity contribution in [1.82, 2.24) is 0 Å². The first-order valence-electron chi connectivity index (χ1n) is 11.8. The second kappa shape index (κ2) is 17.0. The smallest absolute Gasteiger partial charge is 0.162 e. The van der Waals surface area contributed by atoms with Crippen LogP contribution in [-0.2, 0) is 14.6 Å². The molecule has 0 aromatic heterocycles. The predicted octanol–water partition coefficient (Wildman–Crippen LogP) is 5.71. The fourth-order valence-corrected chi connectivity index (χ4v) is 4.80. The molecule has 5 heteroatoms. The molecule has 4 nitrogen and oxygen atoms in total. The van der Waals surface area contributed by atoms with Crippen molar-refractivity contribution in [2.45, 2.75) is 96.8 Å². The van der Waals surface area contributed by atoms with Gasteiger partial charge >= 0.3 is 0 Å². The molecule has 0 aliphatic carbocycles. The number of Topliss-reactive ketones (excluding diaryl/α,β-unsaturated/α-hetero) is 1. The van der Waals surface area contributed by atoms with Crippen LogP contribution in [0.3, 0.4) is 0 Å². The number of carbonyl (C=O) groups is 1. The zero-order valence-electron chi connectivity index (χ0n) is 19.8. The largest absolute Gasteiger partial charge is 0.330 e. The van der Waals surface area contributed by atoms with Crippen LogP contribution in [0.2, 0.25) is 0 Å². The number of carbonyl (C=O) groups excluding carboxylic acids is 1. The lowest BCUT2D eigenvalue weighted by atomic mass is 10.1. The number of quaternary nitrogens is 1. The van der Waals surface area contributed by atoms with Gasteiger partial charge < -0.3 is 4.48 Å². The van der Waals surface area contributed by atoms with Gasteiger partial charge in [0, 0.05) is 6.42 Å². The molecule has 0 heterocycles. The summed E-state index contributed by atoms with van der Waals surface area (Å²) < 4.78 is 24.6. The van der Waals surface area contributed by atoms with E-state index in [2.05, 4.69) is 19.1 Å². The highest BCUT2D eigenvalue weighted by molar-refractivity contribution is 7.92. The third-order valence-electron chi connectivity index (χ3n) is 5.17. The lowest BCUT2D eigenvalue weighted by Crippen LogP contribution is -2.39. The van der Waals surface area contributed by atoms with Crippen molar-refractivity contribution >= 4 is 15.6 Å². The molecule has 0 aliphatic heterocycles. The molecule has 0 aromatic carbocycles. The highest BCUT2D eigenvalue weighted by atomic mass is 32.2. The van der Waals surface area contributed by atoms with Crippen molar-refractivity contribution in [2.75, 3.05) is 39.2 Å². The zero-order chi connectivity index (χ0) is 22.0. The molecule has 0 atom stereocenters. The molecular formula is C24H48NO3S+. The summed E-state index contributed by atoms with van der Waals surface area (Å²) in [5.41, 5.74) is 0. The predicted molar refractivity (Wildman–Crippen MR) is 126 cm³/mol. The summed E-state index contributed by atoms with van der Waals surface area (Å²) in [6, 6.07) is 0. The van der Waals surface area contributed by atoms with Gasteiger partial charge in [0.05, 0.1) is 33.4 Å². The van der Waals surface area contributed by atoms with Crippen molar-refractivity contribution in [3.8, 4) is 0 Å². The number of hydrogen-bond acceptors (Lipinski definition) is 3. The Bertz CT molecular complexity index is 533. The summed E-state index contributed by atoms with van der Waals surface area (Å²) in [7, 11) is 2.63. The van der Waals surface area contributed by atoms with Gasteiger partial charge in [0.25, 0.3) is 0 Å². The van der Waals surface area contributed by atoms with E-state index in [4.69, 9.17) is 0 Å². The number of allylic oxidation sites excluding steroid dienone is 2. The van der Waals surface area contributed by atoms with Crippen LogP contribution in [0.15, 0.2) is 12.2 Å². The summed E-state index contributed by atoms with van der Waals surface area (Å²) in [4.78, 5) is 11.9. The molecule has 0 aromatic rings. The fraction of sp³-hybridized carbons (Fsp3) is 0.875. The number of nitrogens with zero attached hydrogens (tertiary/aromatic N) is 1. The first-order chi connectivity index (χ1) is 13.7. The minimum Gasteiger partial charge on any atom is -0.330 e. The Hall–Kier alpha value is -0.680. The fourth-order valence-electron chi connectivity index (χ4n) is 3.20. The van der Waals surface area contributed by atoms with Crippen molar-refractivity contribution in [3.05, 3.63) is 12.2 Å². The van der Waals surface area contributed by atoms with Gasteiger partial charge in [-0.25, -0.2) is 8.42 Å². The van der Waals surface area contributed by atoms with E-state index in [0.29, 0.717) is 17.4 Å². The van der Waals surface area contributed by atoms with E-state index in [9.17, 15) is 13.2 Å². The Morgan fingerprint density at radius 1 is 0.759 bits per heavy atom. The third-order valence-corrected chi connectivity index (χ3v) is 6.74.